The molecule has 0 aromatic heterocycles. The third-order valence-electron chi connectivity index (χ3n) is 2.57. The first kappa shape index (κ1) is 14.5. The zero-order chi connectivity index (χ0) is 13.2. The van der Waals surface area contributed by atoms with Crippen molar-refractivity contribution in [2.75, 3.05) is 26.7 Å². The Morgan fingerprint density at radius 1 is 1.22 bits per heavy atom. The molecule has 1 amide bonds. The molecule has 0 heterocycles. The predicted molar refractivity (Wildman–Crippen MR) is 72.9 cm³/mol. The van der Waals surface area contributed by atoms with E-state index in [9.17, 15) is 4.79 Å². The van der Waals surface area contributed by atoms with Gasteiger partial charge in [0, 0.05) is 19.5 Å². The van der Waals surface area contributed by atoms with Gasteiger partial charge in [0.1, 0.15) is 5.75 Å². The fourth-order valence-corrected chi connectivity index (χ4v) is 1.59. The first-order valence-corrected chi connectivity index (χ1v) is 6.39. The number of carbonyl (C=O) groups excluding carboxylic acids is 1. The van der Waals surface area contributed by atoms with Crippen LogP contribution in [0.2, 0.25) is 0 Å². The Kier molecular flexibility index (Phi) is 6.87. The summed E-state index contributed by atoms with van der Waals surface area (Å²) in [6, 6.07) is 7.90. The Balaban J connectivity index is 2.27. The molecule has 0 radical (unpaired) electrons. The summed E-state index contributed by atoms with van der Waals surface area (Å²) < 4.78 is 5.37. The van der Waals surface area contributed by atoms with Gasteiger partial charge in [0.05, 0.1) is 6.61 Å². The molecule has 0 saturated heterocycles. The number of likely N-dealkylation sites (N-methyl/N-ethyl adjacent to an activating group) is 1. The molecule has 1 aromatic carbocycles. The van der Waals surface area contributed by atoms with Crippen LogP contribution in [0, 0.1) is 0 Å². The molecule has 0 aliphatic carbocycles. The second-order valence-electron chi connectivity index (χ2n) is 4.03. The molecule has 100 valence electrons. The number of carbonyl (C=O) groups is 1. The van der Waals surface area contributed by atoms with Crippen LogP contribution in [0.15, 0.2) is 24.3 Å². The van der Waals surface area contributed by atoms with Crippen LogP contribution in [0.1, 0.15) is 18.9 Å². The standard InChI is InChI=1S/C14H22N2O2/c1-3-18-13-7-4-12(5-8-13)6-9-14(17)16-11-10-15-2/h4-5,7-8,15H,3,6,9-11H2,1-2H3,(H,16,17). The van der Waals surface area contributed by atoms with Crippen molar-refractivity contribution >= 4 is 5.91 Å². The van der Waals surface area contributed by atoms with Crippen molar-refractivity contribution in [1.29, 1.82) is 0 Å². The molecule has 0 bridgehead atoms. The number of ether oxygens (including phenoxy) is 1. The number of rotatable bonds is 8. The monoisotopic (exact) mass is 250 g/mol. The molecule has 2 N–H and O–H groups in total. The van der Waals surface area contributed by atoms with Gasteiger partial charge in [-0.2, -0.15) is 0 Å². The summed E-state index contributed by atoms with van der Waals surface area (Å²) >= 11 is 0. The Morgan fingerprint density at radius 3 is 2.56 bits per heavy atom. The van der Waals surface area contributed by atoms with E-state index in [0.29, 0.717) is 19.6 Å². The highest BCUT2D eigenvalue weighted by atomic mass is 16.5. The van der Waals surface area contributed by atoms with Crippen molar-refractivity contribution in [3.8, 4) is 5.75 Å². The van der Waals surface area contributed by atoms with Crippen molar-refractivity contribution in [2.45, 2.75) is 19.8 Å². The lowest BCUT2D eigenvalue weighted by molar-refractivity contribution is -0.121. The molecule has 4 heteroatoms. The van der Waals surface area contributed by atoms with E-state index in [0.717, 1.165) is 24.3 Å². The lowest BCUT2D eigenvalue weighted by atomic mass is 10.1. The summed E-state index contributed by atoms with van der Waals surface area (Å²) in [4.78, 5) is 11.5. The van der Waals surface area contributed by atoms with Crippen LogP contribution in [-0.2, 0) is 11.2 Å². The van der Waals surface area contributed by atoms with Crippen molar-refractivity contribution in [3.63, 3.8) is 0 Å². The number of nitrogens with one attached hydrogen (secondary N) is 2. The number of hydrogen-bond donors (Lipinski definition) is 2. The van der Waals surface area contributed by atoms with Gasteiger partial charge in [-0.25, -0.2) is 0 Å². The summed E-state index contributed by atoms with van der Waals surface area (Å²) in [5, 5.41) is 5.85. The van der Waals surface area contributed by atoms with Gasteiger partial charge in [0.2, 0.25) is 5.91 Å². The van der Waals surface area contributed by atoms with Crippen molar-refractivity contribution < 1.29 is 9.53 Å². The number of hydrogen-bond acceptors (Lipinski definition) is 3. The first-order chi connectivity index (χ1) is 8.76. The van der Waals surface area contributed by atoms with Gasteiger partial charge in [-0.3, -0.25) is 4.79 Å². The van der Waals surface area contributed by atoms with E-state index in [1.807, 2.05) is 38.2 Å². The van der Waals surface area contributed by atoms with Gasteiger partial charge in [-0.1, -0.05) is 12.1 Å². The van der Waals surface area contributed by atoms with Gasteiger partial charge >= 0.3 is 0 Å². The summed E-state index contributed by atoms with van der Waals surface area (Å²) in [5.41, 5.74) is 1.15. The van der Waals surface area contributed by atoms with E-state index >= 15 is 0 Å². The highest BCUT2D eigenvalue weighted by molar-refractivity contribution is 5.76. The largest absolute Gasteiger partial charge is 0.494 e. The average molecular weight is 250 g/mol. The van der Waals surface area contributed by atoms with Gasteiger partial charge in [0.25, 0.3) is 0 Å². The number of aryl methyl sites for hydroxylation is 1. The normalized spacial score (nSPS) is 10.1. The molecule has 0 spiro atoms. The molecule has 0 aliphatic heterocycles. The second-order valence-corrected chi connectivity index (χ2v) is 4.03. The van der Waals surface area contributed by atoms with Crippen molar-refractivity contribution in [2.24, 2.45) is 0 Å². The Bertz CT molecular complexity index is 349. The molecule has 18 heavy (non-hydrogen) atoms. The molecule has 0 fully saturated rings. The van der Waals surface area contributed by atoms with Gasteiger partial charge in [0.15, 0.2) is 0 Å². The smallest absolute Gasteiger partial charge is 0.220 e. The van der Waals surface area contributed by atoms with Crippen molar-refractivity contribution in [1.82, 2.24) is 10.6 Å². The zero-order valence-electron chi connectivity index (χ0n) is 11.2. The minimum Gasteiger partial charge on any atom is -0.494 e. The van der Waals surface area contributed by atoms with Crippen LogP contribution in [0.4, 0.5) is 0 Å². The fourth-order valence-electron chi connectivity index (χ4n) is 1.59. The van der Waals surface area contributed by atoms with Crippen molar-refractivity contribution in [3.05, 3.63) is 29.8 Å². The Labute approximate surface area is 109 Å². The van der Waals surface area contributed by atoms with E-state index in [1.54, 1.807) is 0 Å². The molecule has 1 rings (SSSR count). The molecule has 4 nitrogen and oxygen atoms in total. The lowest BCUT2D eigenvalue weighted by Gasteiger charge is -2.06. The van der Waals surface area contributed by atoms with E-state index in [2.05, 4.69) is 10.6 Å². The quantitative estimate of drug-likeness (QED) is 0.685. The van der Waals surface area contributed by atoms with Crippen LogP contribution < -0.4 is 15.4 Å². The Hall–Kier alpha value is -1.55. The highest BCUT2D eigenvalue weighted by Gasteiger charge is 2.01. The molecule has 1 aromatic rings. The van der Waals surface area contributed by atoms with Crippen LogP contribution in [0.25, 0.3) is 0 Å². The highest BCUT2D eigenvalue weighted by Crippen LogP contribution is 2.13. The van der Waals surface area contributed by atoms with E-state index in [-0.39, 0.29) is 5.91 Å². The fraction of sp³-hybridized carbons (Fsp3) is 0.500. The molecule has 0 saturated carbocycles. The van der Waals surface area contributed by atoms with Gasteiger partial charge in [-0.05, 0) is 38.1 Å². The predicted octanol–water partition coefficient (Wildman–Crippen LogP) is 1.35. The molecular formula is C14H22N2O2. The topological polar surface area (TPSA) is 50.4 Å². The van der Waals surface area contributed by atoms with E-state index in [4.69, 9.17) is 4.74 Å². The maximum atomic E-state index is 11.5. The first-order valence-electron chi connectivity index (χ1n) is 6.39. The third kappa shape index (κ3) is 5.68. The maximum absolute atomic E-state index is 11.5. The van der Waals surface area contributed by atoms with Crippen LogP contribution >= 0.6 is 0 Å². The van der Waals surface area contributed by atoms with Crippen LogP contribution in [0.3, 0.4) is 0 Å². The summed E-state index contributed by atoms with van der Waals surface area (Å²) in [5.74, 6) is 0.971. The minimum absolute atomic E-state index is 0.0964. The Morgan fingerprint density at radius 2 is 1.94 bits per heavy atom. The molecule has 0 atom stereocenters. The summed E-state index contributed by atoms with van der Waals surface area (Å²) in [7, 11) is 1.87. The van der Waals surface area contributed by atoms with Gasteiger partial charge in [-0.15, -0.1) is 0 Å². The summed E-state index contributed by atoms with van der Waals surface area (Å²) in [6.45, 7) is 4.12. The number of benzene rings is 1. The second kappa shape index (κ2) is 8.53. The molecular weight excluding hydrogens is 228 g/mol. The van der Waals surface area contributed by atoms with E-state index in [1.165, 1.54) is 0 Å². The average Bonchev–Trinajstić information content (AvgIpc) is 2.39. The maximum Gasteiger partial charge on any atom is 0.220 e. The zero-order valence-corrected chi connectivity index (χ0v) is 11.2. The lowest BCUT2D eigenvalue weighted by Crippen LogP contribution is -2.30. The number of amides is 1. The van der Waals surface area contributed by atoms with E-state index < -0.39 is 0 Å². The third-order valence-corrected chi connectivity index (χ3v) is 2.57. The molecule has 0 unspecified atom stereocenters. The van der Waals surface area contributed by atoms with Crippen LogP contribution in [0.5, 0.6) is 5.75 Å². The molecule has 0 aliphatic rings. The van der Waals surface area contributed by atoms with Gasteiger partial charge < -0.3 is 15.4 Å². The van der Waals surface area contributed by atoms with Crippen LogP contribution in [-0.4, -0.2) is 32.7 Å². The SMILES string of the molecule is CCOc1ccc(CCC(=O)NCCNC)cc1. The minimum atomic E-state index is 0.0964. The summed E-state index contributed by atoms with van der Waals surface area (Å²) in [6.07, 6.45) is 1.29.